The van der Waals surface area contributed by atoms with Crippen molar-refractivity contribution in [2.45, 2.75) is 13.0 Å². The van der Waals surface area contributed by atoms with Crippen molar-refractivity contribution in [3.8, 4) is 5.75 Å². The molecule has 1 amide bonds. The van der Waals surface area contributed by atoms with E-state index in [0.29, 0.717) is 29.2 Å². The van der Waals surface area contributed by atoms with Crippen LogP contribution in [0.3, 0.4) is 0 Å². The first-order valence-corrected chi connectivity index (χ1v) is 11.2. The molecule has 1 aliphatic heterocycles. The van der Waals surface area contributed by atoms with Gasteiger partial charge in [0.2, 0.25) is 0 Å². The summed E-state index contributed by atoms with van der Waals surface area (Å²) in [4.78, 5) is 39.6. The number of amides is 1. The minimum Gasteiger partial charge on any atom is -0.507 e. The molecule has 178 valence electrons. The van der Waals surface area contributed by atoms with Crippen LogP contribution in [0.15, 0.2) is 78.4 Å². The van der Waals surface area contributed by atoms with Gasteiger partial charge in [0.15, 0.2) is 0 Å². The number of hydrogen-bond donors (Lipinski definition) is 1. The molecule has 1 N–H and O–H groups in total. The summed E-state index contributed by atoms with van der Waals surface area (Å²) >= 11 is 6.36. The highest BCUT2D eigenvalue weighted by molar-refractivity contribution is 6.52. The summed E-state index contributed by atoms with van der Waals surface area (Å²) < 4.78 is 10.2. The first-order valence-electron chi connectivity index (χ1n) is 10.8. The number of esters is 1. The Labute approximate surface area is 207 Å². The SMILES string of the molecule is CCOc1ccc(Cl)c(/C(O)=C2\C(=O)C(=O)N(c3ccc(C(=O)OC)cc3)C2c2ccccc2)c1. The third-order valence-electron chi connectivity index (χ3n) is 5.63. The first kappa shape index (κ1) is 24.0. The quantitative estimate of drug-likeness (QED) is 0.222. The predicted molar refractivity (Wildman–Crippen MR) is 132 cm³/mol. The Bertz CT molecular complexity index is 1320. The summed E-state index contributed by atoms with van der Waals surface area (Å²) in [6.45, 7) is 2.22. The van der Waals surface area contributed by atoms with Gasteiger partial charge in [-0.15, -0.1) is 0 Å². The van der Waals surface area contributed by atoms with Crippen LogP contribution in [0.1, 0.15) is 34.5 Å². The van der Waals surface area contributed by atoms with Crippen molar-refractivity contribution >= 4 is 40.7 Å². The molecule has 8 heteroatoms. The molecule has 1 unspecified atom stereocenters. The summed E-state index contributed by atoms with van der Waals surface area (Å²) in [6.07, 6.45) is 0. The van der Waals surface area contributed by atoms with Gasteiger partial charge in [-0.25, -0.2) is 4.79 Å². The van der Waals surface area contributed by atoms with E-state index in [4.69, 9.17) is 21.1 Å². The number of anilines is 1. The molecule has 0 radical (unpaired) electrons. The summed E-state index contributed by atoms with van der Waals surface area (Å²) in [5.74, 6) is -2.14. The zero-order chi connectivity index (χ0) is 25.1. The maximum Gasteiger partial charge on any atom is 0.337 e. The van der Waals surface area contributed by atoms with Crippen molar-refractivity contribution in [2.75, 3.05) is 18.6 Å². The van der Waals surface area contributed by atoms with E-state index in [1.54, 1.807) is 48.5 Å². The summed E-state index contributed by atoms with van der Waals surface area (Å²) in [5, 5.41) is 11.5. The molecule has 7 nitrogen and oxygen atoms in total. The lowest BCUT2D eigenvalue weighted by atomic mass is 9.95. The van der Waals surface area contributed by atoms with Gasteiger partial charge >= 0.3 is 5.97 Å². The third-order valence-corrected chi connectivity index (χ3v) is 5.96. The van der Waals surface area contributed by atoms with Crippen molar-refractivity contribution in [2.24, 2.45) is 0 Å². The molecule has 35 heavy (non-hydrogen) atoms. The Morgan fingerprint density at radius 3 is 2.34 bits per heavy atom. The van der Waals surface area contributed by atoms with E-state index in [0.717, 1.165) is 0 Å². The predicted octanol–water partition coefficient (Wildman–Crippen LogP) is 5.15. The largest absolute Gasteiger partial charge is 0.507 e. The Morgan fingerprint density at radius 2 is 1.71 bits per heavy atom. The molecule has 1 atom stereocenters. The maximum atomic E-state index is 13.3. The van der Waals surface area contributed by atoms with E-state index in [1.807, 2.05) is 13.0 Å². The first-order chi connectivity index (χ1) is 16.9. The van der Waals surface area contributed by atoms with E-state index >= 15 is 0 Å². The molecule has 4 rings (SSSR count). The number of carbonyl (C=O) groups is 3. The highest BCUT2D eigenvalue weighted by atomic mass is 35.5. The summed E-state index contributed by atoms with van der Waals surface area (Å²) in [5.41, 5.74) is 1.36. The molecule has 0 aliphatic carbocycles. The van der Waals surface area contributed by atoms with Crippen molar-refractivity contribution in [3.63, 3.8) is 0 Å². The number of halogens is 1. The van der Waals surface area contributed by atoms with Crippen molar-refractivity contribution in [3.05, 3.63) is 100 Å². The molecule has 1 aliphatic rings. The number of carbonyl (C=O) groups excluding carboxylic acids is 3. The van der Waals surface area contributed by atoms with Crippen molar-refractivity contribution in [1.82, 2.24) is 0 Å². The standard InChI is InChI=1S/C27H22ClNO6/c1-3-35-19-13-14-21(28)20(15-19)24(30)22-23(16-7-5-4-6-8-16)29(26(32)25(22)31)18-11-9-17(10-12-18)27(33)34-2/h4-15,23,30H,3H2,1-2H3/b24-22+. The summed E-state index contributed by atoms with van der Waals surface area (Å²) in [6, 6.07) is 18.8. The zero-order valence-electron chi connectivity index (χ0n) is 19.0. The number of hydrogen-bond acceptors (Lipinski definition) is 6. The number of aliphatic hydroxyl groups is 1. The van der Waals surface area contributed by atoms with Crippen LogP contribution in [-0.4, -0.2) is 36.5 Å². The monoisotopic (exact) mass is 491 g/mol. The fourth-order valence-corrected chi connectivity index (χ4v) is 4.22. The minimum absolute atomic E-state index is 0.103. The van der Waals surface area contributed by atoms with Gasteiger partial charge in [-0.1, -0.05) is 41.9 Å². The minimum atomic E-state index is -0.924. The van der Waals surface area contributed by atoms with Crippen LogP contribution in [-0.2, 0) is 14.3 Å². The lowest BCUT2D eigenvalue weighted by Crippen LogP contribution is -2.29. The van der Waals surface area contributed by atoms with E-state index in [9.17, 15) is 19.5 Å². The number of benzene rings is 3. The van der Waals surface area contributed by atoms with Gasteiger partial charge in [0.05, 0.1) is 35.9 Å². The van der Waals surface area contributed by atoms with Crippen LogP contribution in [0.4, 0.5) is 5.69 Å². The van der Waals surface area contributed by atoms with Gasteiger partial charge in [-0.05, 0) is 55.0 Å². The molecule has 0 bridgehead atoms. The topological polar surface area (TPSA) is 93.1 Å². The van der Waals surface area contributed by atoms with Gasteiger partial charge in [0.1, 0.15) is 11.5 Å². The van der Waals surface area contributed by atoms with E-state index in [-0.39, 0.29) is 16.2 Å². The van der Waals surface area contributed by atoms with Crippen LogP contribution >= 0.6 is 11.6 Å². The van der Waals surface area contributed by atoms with Crippen LogP contribution in [0.25, 0.3) is 5.76 Å². The Balaban J connectivity index is 1.89. The molecular formula is C27H22ClNO6. The smallest absolute Gasteiger partial charge is 0.337 e. The second kappa shape index (κ2) is 10.0. The van der Waals surface area contributed by atoms with Gasteiger partial charge in [-0.2, -0.15) is 0 Å². The number of methoxy groups -OCH3 is 1. The zero-order valence-corrected chi connectivity index (χ0v) is 19.8. The van der Waals surface area contributed by atoms with Crippen molar-refractivity contribution in [1.29, 1.82) is 0 Å². The molecule has 1 fully saturated rings. The molecule has 1 heterocycles. The van der Waals surface area contributed by atoms with E-state index in [2.05, 4.69) is 0 Å². The molecule has 0 saturated carbocycles. The number of aliphatic hydroxyl groups excluding tert-OH is 1. The number of nitrogens with zero attached hydrogens (tertiary/aromatic N) is 1. The average Bonchev–Trinajstić information content (AvgIpc) is 3.15. The Hall–Kier alpha value is -4.10. The lowest BCUT2D eigenvalue weighted by molar-refractivity contribution is -0.132. The number of ketones is 1. The van der Waals surface area contributed by atoms with Crippen LogP contribution in [0, 0.1) is 0 Å². The fourth-order valence-electron chi connectivity index (χ4n) is 4.01. The fraction of sp³-hybridized carbons (Fsp3) is 0.148. The number of Topliss-reactive ketones (excluding diaryl/α,β-unsaturated/α-hetero) is 1. The van der Waals surface area contributed by atoms with Crippen molar-refractivity contribution < 1.29 is 29.0 Å². The Kier molecular flexibility index (Phi) is 6.89. The third kappa shape index (κ3) is 4.50. The number of rotatable bonds is 6. The van der Waals surface area contributed by atoms with E-state index < -0.39 is 29.5 Å². The van der Waals surface area contributed by atoms with Gasteiger partial charge in [0, 0.05) is 11.3 Å². The number of ether oxygens (including phenoxy) is 2. The average molecular weight is 492 g/mol. The molecule has 3 aromatic rings. The second-order valence-corrected chi connectivity index (χ2v) is 8.10. The van der Waals surface area contributed by atoms with E-state index in [1.165, 1.54) is 30.2 Å². The molecule has 0 spiro atoms. The Morgan fingerprint density at radius 1 is 1.03 bits per heavy atom. The highest BCUT2D eigenvalue weighted by Crippen LogP contribution is 2.43. The van der Waals surface area contributed by atoms with Gasteiger partial charge < -0.3 is 14.6 Å². The van der Waals surface area contributed by atoms with Crippen LogP contribution < -0.4 is 9.64 Å². The van der Waals surface area contributed by atoms with Crippen LogP contribution in [0.5, 0.6) is 5.75 Å². The van der Waals surface area contributed by atoms with Gasteiger partial charge in [0.25, 0.3) is 11.7 Å². The van der Waals surface area contributed by atoms with Gasteiger partial charge in [-0.3, -0.25) is 14.5 Å². The molecule has 0 aromatic heterocycles. The second-order valence-electron chi connectivity index (χ2n) is 7.69. The highest BCUT2D eigenvalue weighted by Gasteiger charge is 2.47. The van der Waals surface area contributed by atoms with Crippen LogP contribution in [0.2, 0.25) is 5.02 Å². The lowest BCUT2D eigenvalue weighted by Gasteiger charge is -2.25. The molecule has 1 saturated heterocycles. The molecule has 3 aromatic carbocycles. The molecular weight excluding hydrogens is 470 g/mol. The normalized spacial score (nSPS) is 16.9. The summed E-state index contributed by atoms with van der Waals surface area (Å²) in [7, 11) is 1.27. The maximum absolute atomic E-state index is 13.3.